The van der Waals surface area contributed by atoms with Gasteiger partial charge in [-0.3, -0.25) is 4.79 Å². The highest BCUT2D eigenvalue weighted by Gasteiger charge is 1.97. The van der Waals surface area contributed by atoms with Crippen molar-refractivity contribution in [2.24, 2.45) is 0 Å². The highest BCUT2D eigenvalue weighted by atomic mass is 16.3. The molecule has 20 heavy (non-hydrogen) atoms. The van der Waals surface area contributed by atoms with Gasteiger partial charge in [0.2, 0.25) is 5.91 Å². The van der Waals surface area contributed by atoms with Crippen LogP contribution in [0.2, 0.25) is 0 Å². The minimum absolute atomic E-state index is 0.0604. The van der Waals surface area contributed by atoms with Crippen LogP contribution in [-0.4, -0.2) is 11.0 Å². The maximum atomic E-state index is 10.9. The first-order valence-electron chi connectivity index (χ1n) is 6.47. The number of amides is 1. The number of hydrogen-bond acceptors (Lipinski definition) is 3. The number of benzene rings is 2. The molecule has 0 aliphatic rings. The average Bonchev–Trinajstić information content (AvgIpc) is 2.46. The van der Waals surface area contributed by atoms with Crippen LogP contribution in [0.15, 0.2) is 48.5 Å². The van der Waals surface area contributed by atoms with Crippen molar-refractivity contribution in [3.05, 3.63) is 59.7 Å². The van der Waals surface area contributed by atoms with E-state index in [1.807, 2.05) is 48.5 Å². The van der Waals surface area contributed by atoms with Crippen LogP contribution in [0.3, 0.4) is 0 Å². The van der Waals surface area contributed by atoms with Crippen molar-refractivity contribution in [1.29, 1.82) is 0 Å². The van der Waals surface area contributed by atoms with E-state index in [-0.39, 0.29) is 12.5 Å². The molecule has 0 aliphatic heterocycles. The number of aliphatic hydroxyl groups is 1. The van der Waals surface area contributed by atoms with E-state index in [1.54, 1.807) is 0 Å². The minimum atomic E-state index is -0.0696. The first-order chi connectivity index (χ1) is 9.67. The number of nitrogens with one attached hydrogen (secondary N) is 2. The number of anilines is 2. The Morgan fingerprint density at radius 2 is 1.50 bits per heavy atom. The Morgan fingerprint density at radius 1 is 0.950 bits per heavy atom. The smallest absolute Gasteiger partial charge is 0.221 e. The zero-order chi connectivity index (χ0) is 14.4. The molecule has 0 heterocycles. The van der Waals surface area contributed by atoms with Crippen LogP contribution in [0, 0.1) is 0 Å². The van der Waals surface area contributed by atoms with Crippen LogP contribution >= 0.6 is 0 Å². The van der Waals surface area contributed by atoms with Crippen LogP contribution in [-0.2, 0) is 17.9 Å². The van der Waals surface area contributed by atoms with Gasteiger partial charge in [0.1, 0.15) is 0 Å². The summed E-state index contributed by atoms with van der Waals surface area (Å²) in [6, 6.07) is 15.4. The maximum Gasteiger partial charge on any atom is 0.221 e. The monoisotopic (exact) mass is 270 g/mol. The van der Waals surface area contributed by atoms with Crippen molar-refractivity contribution in [3.8, 4) is 0 Å². The van der Waals surface area contributed by atoms with Crippen molar-refractivity contribution >= 4 is 17.3 Å². The van der Waals surface area contributed by atoms with Crippen molar-refractivity contribution in [2.45, 2.75) is 20.1 Å². The van der Waals surface area contributed by atoms with E-state index in [1.165, 1.54) is 6.92 Å². The Morgan fingerprint density at radius 3 is 2.05 bits per heavy atom. The van der Waals surface area contributed by atoms with Gasteiger partial charge in [-0.1, -0.05) is 24.3 Å². The third kappa shape index (κ3) is 4.10. The van der Waals surface area contributed by atoms with Gasteiger partial charge in [0, 0.05) is 24.8 Å². The van der Waals surface area contributed by atoms with E-state index >= 15 is 0 Å². The lowest BCUT2D eigenvalue weighted by molar-refractivity contribution is -0.114. The van der Waals surface area contributed by atoms with E-state index in [0.29, 0.717) is 6.54 Å². The van der Waals surface area contributed by atoms with E-state index in [9.17, 15) is 4.79 Å². The van der Waals surface area contributed by atoms with Crippen molar-refractivity contribution < 1.29 is 9.90 Å². The second-order valence-electron chi connectivity index (χ2n) is 4.59. The van der Waals surface area contributed by atoms with Crippen molar-refractivity contribution in [3.63, 3.8) is 0 Å². The molecule has 0 unspecified atom stereocenters. The molecule has 104 valence electrons. The molecule has 0 bridgehead atoms. The average molecular weight is 270 g/mol. The standard InChI is InChI=1S/C16H18N2O2/c1-12(20)18-16-8-2-13(3-9-16)10-17-15-6-4-14(11-19)5-7-15/h2-9,17,19H,10-11H2,1H3,(H,18,20). The predicted octanol–water partition coefficient (Wildman–Crippen LogP) is 2.75. The number of carbonyl (C=O) groups is 1. The molecule has 3 N–H and O–H groups in total. The van der Waals surface area contributed by atoms with Crippen molar-refractivity contribution in [1.82, 2.24) is 0 Å². The summed E-state index contributed by atoms with van der Waals surface area (Å²) in [5.74, 6) is -0.0696. The SMILES string of the molecule is CC(=O)Nc1ccc(CNc2ccc(CO)cc2)cc1. The van der Waals surface area contributed by atoms with E-state index in [2.05, 4.69) is 10.6 Å². The number of aliphatic hydroxyl groups excluding tert-OH is 1. The fraction of sp³-hybridized carbons (Fsp3) is 0.188. The summed E-state index contributed by atoms with van der Waals surface area (Å²) in [6.07, 6.45) is 0. The second-order valence-corrected chi connectivity index (χ2v) is 4.59. The highest BCUT2D eigenvalue weighted by molar-refractivity contribution is 5.88. The number of carbonyl (C=O) groups excluding carboxylic acids is 1. The van der Waals surface area contributed by atoms with Gasteiger partial charge in [-0.05, 0) is 35.4 Å². The highest BCUT2D eigenvalue weighted by Crippen LogP contribution is 2.13. The lowest BCUT2D eigenvalue weighted by Crippen LogP contribution is -2.06. The van der Waals surface area contributed by atoms with Gasteiger partial charge in [0.25, 0.3) is 0 Å². The zero-order valence-electron chi connectivity index (χ0n) is 11.4. The van der Waals surface area contributed by atoms with Crippen LogP contribution in [0.4, 0.5) is 11.4 Å². The molecular formula is C16H18N2O2. The molecule has 0 spiro atoms. The quantitative estimate of drug-likeness (QED) is 0.783. The summed E-state index contributed by atoms with van der Waals surface area (Å²) in [6.45, 7) is 2.26. The van der Waals surface area contributed by atoms with E-state index in [4.69, 9.17) is 5.11 Å². The lowest BCUT2D eigenvalue weighted by Gasteiger charge is -2.08. The van der Waals surface area contributed by atoms with E-state index in [0.717, 1.165) is 22.5 Å². The van der Waals surface area contributed by atoms with Gasteiger partial charge in [-0.15, -0.1) is 0 Å². The molecule has 2 aromatic rings. The fourth-order valence-corrected chi connectivity index (χ4v) is 1.84. The zero-order valence-corrected chi connectivity index (χ0v) is 11.4. The molecule has 0 saturated heterocycles. The van der Waals surface area contributed by atoms with Gasteiger partial charge >= 0.3 is 0 Å². The molecule has 0 radical (unpaired) electrons. The number of hydrogen-bond donors (Lipinski definition) is 3. The third-order valence-electron chi connectivity index (χ3n) is 2.91. The Balaban J connectivity index is 1.91. The van der Waals surface area contributed by atoms with Gasteiger partial charge in [-0.2, -0.15) is 0 Å². The van der Waals surface area contributed by atoms with Gasteiger partial charge in [-0.25, -0.2) is 0 Å². The first-order valence-corrected chi connectivity index (χ1v) is 6.47. The molecule has 4 nitrogen and oxygen atoms in total. The predicted molar refractivity (Wildman–Crippen MR) is 80.4 cm³/mol. The number of rotatable bonds is 5. The van der Waals surface area contributed by atoms with Crippen LogP contribution in [0.1, 0.15) is 18.1 Å². The van der Waals surface area contributed by atoms with E-state index < -0.39 is 0 Å². The summed E-state index contributed by atoms with van der Waals surface area (Å²) in [5.41, 5.74) is 3.84. The topological polar surface area (TPSA) is 61.4 Å². The van der Waals surface area contributed by atoms with Crippen LogP contribution in [0.25, 0.3) is 0 Å². The first kappa shape index (κ1) is 14.1. The molecule has 1 amide bonds. The third-order valence-corrected chi connectivity index (χ3v) is 2.91. The largest absolute Gasteiger partial charge is 0.392 e. The minimum Gasteiger partial charge on any atom is -0.392 e. The summed E-state index contributed by atoms with van der Waals surface area (Å²) in [7, 11) is 0. The van der Waals surface area contributed by atoms with Gasteiger partial charge in [0.15, 0.2) is 0 Å². The van der Waals surface area contributed by atoms with Gasteiger partial charge < -0.3 is 15.7 Å². The molecule has 0 atom stereocenters. The second kappa shape index (κ2) is 6.73. The molecule has 2 rings (SSSR count). The Kier molecular flexibility index (Phi) is 4.74. The molecule has 4 heteroatoms. The summed E-state index contributed by atoms with van der Waals surface area (Å²) in [5, 5.41) is 15.0. The molecule has 2 aromatic carbocycles. The Bertz CT molecular complexity index is 562. The molecule has 0 fully saturated rings. The molecule has 0 aliphatic carbocycles. The summed E-state index contributed by atoms with van der Waals surface area (Å²) >= 11 is 0. The van der Waals surface area contributed by atoms with Crippen LogP contribution < -0.4 is 10.6 Å². The molecular weight excluding hydrogens is 252 g/mol. The maximum absolute atomic E-state index is 10.9. The summed E-state index contributed by atoms with van der Waals surface area (Å²) < 4.78 is 0. The Hall–Kier alpha value is -2.33. The molecule has 0 aromatic heterocycles. The van der Waals surface area contributed by atoms with Crippen LogP contribution in [0.5, 0.6) is 0 Å². The van der Waals surface area contributed by atoms with Gasteiger partial charge in [0.05, 0.1) is 6.61 Å². The molecule has 0 saturated carbocycles. The Labute approximate surface area is 118 Å². The normalized spacial score (nSPS) is 10.1. The fourth-order valence-electron chi connectivity index (χ4n) is 1.84. The van der Waals surface area contributed by atoms with Crippen molar-refractivity contribution in [2.75, 3.05) is 10.6 Å². The lowest BCUT2D eigenvalue weighted by atomic mass is 10.2. The summed E-state index contributed by atoms with van der Waals surface area (Å²) in [4.78, 5) is 10.9.